The van der Waals surface area contributed by atoms with Crippen molar-refractivity contribution >= 4 is 5.91 Å². The Hall–Kier alpha value is -2.95. The number of nitrogens with one attached hydrogen (secondary N) is 1. The number of nitrogens with zero attached hydrogens (tertiary/aromatic N) is 2. The molecule has 0 aliphatic carbocycles. The fourth-order valence-electron chi connectivity index (χ4n) is 3.02. The lowest BCUT2D eigenvalue weighted by Crippen LogP contribution is -2.24. The normalized spacial score (nSPS) is 11.5. The molecule has 3 rings (SSSR count). The van der Waals surface area contributed by atoms with E-state index in [0.717, 1.165) is 16.7 Å². The SMILES string of the molecule is Cc1cc(C)c(C(=O)NCc2nc(-c3ccc(C(C)(C)C)cc3)no2)cc1C. The molecule has 0 atom stereocenters. The van der Waals surface area contributed by atoms with E-state index in [9.17, 15) is 4.79 Å². The van der Waals surface area contributed by atoms with Gasteiger partial charge in [-0.1, -0.05) is 56.3 Å². The highest BCUT2D eigenvalue weighted by Crippen LogP contribution is 2.25. The Kier molecular flexibility index (Phi) is 5.36. The first-order valence-electron chi connectivity index (χ1n) is 9.44. The van der Waals surface area contributed by atoms with Crippen LogP contribution in [0.15, 0.2) is 40.9 Å². The average Bonchev–Trinajstić information content (AvgIpc) is 3.11. The standard InChI is InChI=1S/C23H27N3O2/c1-14-11-16(3)19(12-15(14)2)22(27)24-13-20-25-21(26-28-20)17-7-9-18(10-8-17)23(4,5)6/h7-12H,13H2,1-6H3,(H,24,27). The highest BCUT2D eigenvalue weighted by molar-refractivity contribution is 5.95. The molecular weight excluding hydrogens is 350 g/mol. The zero-order valence-electron chi connectivity index (χ0n) is 17.4. The van der Waals surface area contributed by atoms with E-state index in [2.05, 4.69) is 48.4 Å². The molecule has 1 heterocycles. The maximum atomic E-state index is 12.5. The molecule has 1 amide bonds. The van der Waals surface area contributed by atoms with Gasteiger partial charge < -0.3 is 9.84 Å². The van der Waals surface area contributed by atoms with Gasteiger partial charge in [0.15, 0.2) is 0 Å². The summed E-state index contributed by atoms with van der Waals surface area (Å²) in [5, 5.41) is 6.90. The zero-order chi connectivity index (χ0) is 20.5. The quantitative estimate of drug-likeness (QED) is 0.703. The molecule has 0 unspecified atom stereocenters. The van der Waals surface area contributed by atoms with E-state index in [0.29, 0.717) is 17.3 Å². The molecule has 0 fully saturated rings. The Morgan fingerprint density at radius 2 is 1.64 bits per heavy atom. The summed E-state index contributed by atoms with van der Waals surface area (Å²) < 4.78 is 5.30. The lowest BCUT2D eigenvalue weighted by atomic mass is 9.87. The fourth-order valence-corrected chi connectivity index (χ4v) is 3.02. The lowest BCUT2D eigenvalue weighted by Gasteiger charge is -2.18. The molecule has 0 spiro atoms. The fraction of sp³-hybridized carbons (Fsp3) is 0.348. The van der Waals surface area contributed by atoms with E-state index in [-0.39, 0.29) is 17.9 Å². The average molecular weight is 377 g/mol. The molecule has 1 aromatic heterocycles. The third-order valence-electron chi connectivity index (χ3n) is 4.96. The van der Waals surface area contributed by atoms with Crippen molar-refractivity contribution in [3.63, 3.8) is 0 Å². The molecule has 2 aromatic carbocycles. The highest BCUT2D eigenvalue weighted by atomic mass is 16.5. The third-order valence-corrected chi connectivity index (χ3v) is 4.96. The smallest absolute Gasteiger partial charge is 0.251 e. The predicted molar refractivity (Wildman–Crippen MR) is 110 cm³/mol. The van der Waals surface area contributed by atoms with Crippen LogP contribution >= 0.6 is 0 Å². The van der Waals surface area contributed by atoms with Gasteiger partial charge in [0.05, 0.1) is 6.54 Å². The summed E-state index contributed by atoms with van der Waals surface area (Å²) in [5.74, 6) is 0.756. The van der Waals surface area contributed by atoms with E-state index in [4.69, 9.17) is 4.52 Å². The summed E-state index contributed by atoms with van der Waals surface area (Å²) in [6, 6.07) is 12.1. The van der Waals surface area contributed by atoms with E-state index in [1.54, 1.807) is 0 Å². The number of aryl methyl sites for hydroxylation is 3. The number of hydrogen-bond acceptors (Lipinski definition) is 4. The molecule has 146 valence electrons. The van der Waals surface area contributed by atoms with Crippen molar-refractivity contribution in [2.75, 3.05) is 0 Å². The van der Waals surface area contributed by atoms with Crippen LogP contribution in [0.1, 0.15) is 59.3 Å². The van der Waals surface area contributed by atoms with Crippen molar-refractivity contribution in [3.8, 4) is 11.4 Å². The molecule has 0 radical (unpaired) electrons. The minimum Gasteiger partial charge on any atom is -0.343 e. The zero-order valence-corrected chi connectivity index (χ0v) is 17.4. The molecule has 0 saturated heterocycles. The predicted octanol–water partition coefficient (Wildman–Crippen LogP) is 4.89. The Morgan fingerprint density at radius 1 is 1.00 bits per heavy atom. The van der Waals surface area contributed by atoms with E-state index in [1.807, 2.05) is 45.0 Å². The Balaban J connectivity index is 1.68. The highest BCUT2D eigenvalue weighted by Gasteiger charge is 2.16. The number of benzene rings is 2. The molecule has 5 heteroatoms. The van der Waals surface area contributed by atoms with Crippen molar-refractivity contribution in [2.45, 2.75) is 53.5 Å². The van der Waals surface area contributed by atoms with Crippen LogP contribution in [0.5, 0.6) is 0 Å². The van der Waals surface area contributed by atoms with Crippen molar-refractivity contribution in [1.82, 2.24) is 15.5 Å². The van der Waals surface area contributed by atoms with Gasteiger partial charge in [0.1, 0.15) is 0 Å². The number of aromatic nitrogens is 2. The molecule has 5 nitrogen and oxygen atoms in total. The van der Waals surface area contributed by atoms with Gasteiger partial charge in [-0.05, 0) is 54.5 Å². The van der Waals surface area contributed by atoms with Gasteiger partial charge in [0.25, 0.3) is 5.91 Å². The van der Waals surface area contributed by atoms with Gasteiger partial charge in [-0.15, -0.1) is 0 Å². The molecule has 0 bridgehead atoms. The lowest BCUT2D eigenvalue weighted by molar-refractivity contribution is 0.0945. The van der Waals surface area contributed by atoms with Crippen LogP contribution in [0.25, 0.3) is 11.4 Å². The second kappa shape index (κ2) is 7.58. The molecule has 3 aromatic rings. The van der Waals surface area contributed by atoms with Gasteiger partial charge in [-0.3, -0.25) is 4.79 Å². The summed E-state index contributed by atoms with van der Waals surface area (Å²) in [5.41, 5.74) is 6.11. The molecule has 0 saturated carbocycles. The largest absolute Gasteiger partial charge is 0.343 e. The van der Waals surface area contributed by atoms with Crippen LogP contribution in [-0.2, 0) is 12.0 Å². The molecular formula is C23H27N3O2. The minimum atomic E-state index is -0.144. The van der Waals surface area contributed by atoms with Gasteiger partial charge in [-0.25, -0.2) is 0 Å². The van der Waals surface area contributed by atoms with Crippen LogP contribution in [0.2, 0.25) is 0 Å². The van der Waals surface area contributed by atoms with Gasteiger partial charge in [0, 0.05) is 11.1 Å². The number of hydrogen-bond donors (Lipinski definition) is 1. The number of amides is 1. The van der Waals surface area contributed by atoms with Crippen LogP contribution in [-0.4, -0.2) is 16.0 Å². The second-order valence-electron chi connectivity index (χ2n) is 8.27. The number of carbonyl (C=O) groups is 1. The Morgan fingerprint density at radius 3 is 2.29 bits per heavy atom. The third kappa shape index (κ3) is 4.30. The summed E-state index contributed by atoms with van der Waals surface area (Å²) >= 11 is 0. The monoisotopic (exact) mass is 377 g/mol. The van der Waals surface area contributed by atoms with Gasteiger partial charge in [0.2, 0.25) is 11.7 Å². The maximum Gasteiger partial charge on any atom is 0.251 e. The van der Waals surface area contributed by atoms with Gasteiger partial charge >= 0.3 is 0 Å². The number of rotatable bonds is 4. The first kappa shape index (κ1) is 19.8. The minimum absolute atomic E-state index is 0.0949. The Bertz CT molecular complexity index is 996. The van der Waals surface area contributed by atoms with Crippen molar-refractivity contribution in [2.24, 2.45) is 0 Å². The van der Waals surface area contributed by atoms with E-state index < -0.39 is 0 Å². The second-order valence-corrected chi connectivity index (χ2v) is 8.27. The van der Waals surface area contributed by atoms with Crippen molar-refractivity contribution in [1.29, 1.82) is 0 Å². The van der Waals surface area contributed by atoms with Crippen LogP contribution in [0.4, 0.5) is 0 Å². The first-order chi connectivity index (χ1) is 13.1. The summed E-state index contributed by atoms with van der Waals surface area (Å²) in [6.07, 6.45) is 0. The topological polar surface area (TPSA) is 68.0 Å². The molecule has 0 aliphatic rings. The Labute approximate surface area is 166 Å². The molecule has 0 aliphatic heterocycles. The number of carbonyl (C=O) groups excluding carboxylic acids is 1. The van der Waals surface area contributed by atoms with Crippen LogP contribution < -0.4 is 5.32 Å². The summed E-state index contributed by atoms with van der Waals surface area (Å²) in [6.45, 7) is 12.7. The van der Waals surface area contributed by atoms with E-state index in [1.165, 1.54) is 11.1 Å². The van der Waals surface area contributed by atoms with E-state index >= 15 is 0 Å². The van der Waals surface area contributed by atoms with Gasteiger partial charge in [-0.2, -0.15) is 4.98 Å². The van der Waals surface area contributed by atoms with Crippen molar-refractivity contribution < 1.29 is 9.32 Å². The summed E-state index contributed by atoms with van der Waals surface area (Å²) in [7, 11) is 0. The maximum absolute atomic E-state index is 12.5. The first-order valence-corrected chi connectivity index (χ1v) is 9.44. The summed E-state index contributed by atoms with van der Waals surface area (Å²) in [4.78, 5) is 16.9. The van der Waals surface area contributed by atoms with Crippen LogP contribution in [0.3, 0.4) is 0 Å². The molecule has 1 N–H and O–H groups in total. The molecule has 28 heavy (non-hydrogen) atoms. The van der Waals surface area contributed by atoms with Crippen LogP contribution in [0, 0.1) is 20.8 Å². The van der Waals surface area contributed by atoms with Crippen molar-refractivity contribution in [3.05, 3.63) is 70.1 Å².